The number of rotatable bonds is 6. The van der Waals surface area contributed by atoms with Crippen molar-refractivity contribution in [3.63, 3.8) is 0 Å². The lowest BCUT2D eigenvalue weighted by Crippen LogP contribution is -2.37. The van der Waals surface area contributed by atoms with Crippen LogP contribution in [0.1, 0.15) is 39.0 Å². The minimum Gasteiger partial charge on any atom is -0.391 e. The lowest BCUT2D eigenvalue weighted by atomic mass is 9.83. The van der Waals surface area contributed by atoms with Gasteiger partial charge in [0, 0.05) is 37.5 Å². The van der Waals surface area contributed by atoms with E-state index in [1.807, 2.05) is 4.57 Å². The van der Waals surface area contributed by atoms with E-state index in [0.29, 0.717) is 51.6 Å². The molecule has 2 fully saturated rings. The molecule has 1 aliphatic heterocycles. The van der Waals surface area contributed by atoms with E-state index in [4.69, 9.17) is 21.6 Å². The zero-order valence-electron chi connectivity index (χ0n) is 21.2. The molecule has 6 rings (SSSR count). The molecule has 2 atom stereocenters. The van der Waals surface area contributed by atoms with Gasteiger partial charge in [0.15, 0.2) is 0 Å². The van der Waals surface area contributed by atoms with E-state index < -0.39 is 24.3 Å². The molecule has 10 nitrogen and oxygen atoms in total. The summed E-state index contributed by atoms with van der Waals surface area (Å²) in [7, 11) is 0. The van der Waals surface area contributed by atoms with Crippen LogP contribution in [0.5, 0.6) is 0 Å². The van der Waals surface area contributed by atoms with Crippen LogP contribution in [0.3, 0.4) is 0 Å². The fourth-order valence-corrected chi connectivity index (χ4v) is 6.00. The third kappa shape index (κ3) is 5.03. The highest BCUT2D eigenvalue weighted by Crippen LogP contribution is 2.39. The predicted molar refractivity (Wildman–Crippen MR) is 141 cm³/mol. The maximum atomic E-state index is 14.1. The summed E-state index contributed by atoms with van der Waals surface area (Å²) in [6.07, 6.45) is 3.76. The molecular formula is C26H28ClF2N7O3. The molecular weight excluding hydrogens is 532 g/mol. The summed E-state index contributed by atoms with van der Waals surface area (Å²) in [5.74, 6) is 0.708. The highest BCUT2D eigenvalue weighted by molar-refractivity contribution is 6.30. The number of β-amino-alcohol motifs (C(OH)–C–C–N with tert-alkyl or cyclic N) is 1. The summed E-state index contributed by atoms with van der Waals surface area (Å²) < 4.78 is 34.9. The average Bonchev–Trinajstić information content (AvgIpc) is 3.61. The average molecular weight is 560 g/mol. The molecule has 4 aromatic rings. The predicted octanol–water partition coefficient (Wildman–Crippen LogP) is 4.52. The minimum atomic E-state index is -2.66. The molecule has 0 radical (unpaired) electrons. The lowest BCUT2D eigenvalue weighted by molar-refractivity contribution is 0.105. The van der Waals surface area contributed by atoms with E-state index in [2.05, 4.69) is 26.6 Å². The quantitative estimate of drug-likeness (QED) is 0.353. The van der Waals surface area contributed by atoms with E-state index in [1.54, 1.807) is 18.3 Å². The van der Waals surface area contributed by atoms with Gasteiger partial charge in [-0.25, -0.2) is 23.5 Å². The van der Waals surface area contributed by atoms with Crippen molar-refractivity contribution in [2.24, 2.45) is 11.8 Å². The molecule has 2 aliphatic rings. The number of alkyl halides is 2. The van der Waals surface area contributed by atoms with Gasteiger partial charge in [-0.1, -0.05) is 36.5 Å². The van der Waals surface area contributed by atoms with Crippen molar-refractivity contribution in [2.75, 3.05) is 11.4 Å². The fraction of sp³-hybridized carbons (Fsp3) is 0.500. The molecule has 0 unspecified atom stereocenters. The van der Waals surface area contributed by atoms with Gasteiger partial charge in [-0.3, -0.25) is 14.5 Å². The number of nitrogens with one attached hydrogen (secondary N) is 1. The van der Waals surface area contributed by atoms with E-state index >= 15 is 0 Å². The summed E-state index contributed by atoms with van der Waals surface area (Å²) >= 11 is 6.29. The van der Waals surface area contributed by atoms with Gasteiger partial charge in [-0.15, -0.1) is 0 Å². The maximum absolute atomic E-state index is 14.1. The van der Waals surface area contributed by atoms with Gasteiger partial charge in [0.2, 0.25) is 11.8 Å². The number of imidazole rings is 1. The largest absolute Gasteiger partial charge is 0.439 e. The van der Waals surface area contributed by atoms with Gasteiger partial charge in [-0.2, -0.15) is 0 Å². The van der Waals surface area contributed by atoms with Crippen molar-refractivity contribution in [1.29, 1.82) is 0 Å². The Morgan fingerprint density at radius 3 is 2.69 bits per heavy atom. The number of H-pyrrole nitrogens is 1. The summed E-state index contributed by atoms with van der Waals surface area (Å²) in [5, 5.41) is 14.5. The minimum absolute atomic E-state index is 0.0451. The van der Waals surface area contributed by atoms with E-state index in [1.165, 1.54) is 11.1 Å². The number of aromatic nitrogens is 6. The van der Waals surface area contributed by atoms with Crippen LogP contribution < -0.4 is 10.7 Å². The number of aliphatic hydroxyl groups is 1. The van der Waals surface area contributed by atoms with Gasteiger partial charge in [0.1, 0.15) is 5.69 Å². The molecule has 0 spiro atoms. The number of halogens is 3. The van der Waals surface area contributed by atoms with Crippen LogP contribution in [0, 0.1) is 11.8 Å². The number of aliphatic hydroxyl groups excluding tert-OH is 1. The Bertz CT molecular complexity index is 1550. The van der Waals surface area contributed by atoms with E-state index in [9.17, 15) is 18.7 Å². The van der Waals surface area contributed by atoms with Gasteiger partial charge >= 0.3 is 5.76 Å². The smallest absolute Gasteiger partial charge is 0.391 e. The molecule has 4 aromatic heterocycles. The van der Waals surface area contributed by atoms with Crippen molar-refractivity contribution >= 4 is 28.6 Å². The fourth-order valence-electron chi connectivity index (χ4n) is 5.82. The third-order valence-corrected chi connectivity index (χ3v) is 8.02. The van der Waals surface area contributed by atoms with Crippen LogP contribution in [-0.4, -0.2) is 59.9 Å². The Hall–Kier alpha value is -3.38. The Labute approximate surface area is 227 Å². The summed E-state index contributed by atoms with van der Waals surface area (Å²) in [4.78, 5) is 29.6. The van der Waals surface area contributed by atoms with Crippen molar-refractivity contribution < 1.29 is 18.4 Å². The number of hydrogen-bond donors (Lipinski definition) is 2. The Morgan fingerprint density at radius 2 is 2.00 bits per heavy atom. The summed E-state index contributed by atoms with van der Waals surface area (Å²) in [5.41, 5.74) is 2.47. The Morgan fingerprint density at radius 1 is 1.21 bits per heavy atom. The Balaban J connectivity index is 1.59. The molecule has 0 aromatic carbocycles. The monoisotopic (exact) mass is 559 g/mol. The highest BCUT2D eigenvalue weighted by atomic mass is 35.5. The maximum Gasteiger partial charge on any atom is 0.439 e. The molecule has 0 bridgehead atoms. The SMILES string of the molecule is C[C@H]1CC[C@H](Cn2c(N3C[C@H](O)C[C@H]3C(F)F)nc3cc(-c4noc(=O)[nH]4)nc(-c4cncc(Cl)c4)c32)CC1. The van der Waals surface area contributed by atoms with E-state index in [0.717, 1.165) is 25.7 Å². The van der Waals surface area contributed by atoms with Crippen LogP contribution in [0.4, 0.5) is 14.7 Å². The van der Waals surface area contributed by atoms with Crippen molar-refractivity contribution in [3.8, 4) is 22.8 Å². The van der Waals surface area contributed by atoms with Gasteiger partial charge in [0.05, 0.1) is 33.9 Å². The number of hydrogen-bond acceptors (Lipinski definition) is 8. The first-order valence-corrected chi connectivity index (χ1v) is 13.5. The van der Waals surface area contributed by atoms with Gasteiger partial charge in [0.25, 0.3) is 6.43 Å². The van der Waals surface area contributed by atoms with Crippen LogP contribution >= 0.6 is 11.6 Å². The summed E-state index contributed by atoms with van der Waals surface area (Å²) in [6, 6.07) is 2.20. The van der Waals surface area contributed by atoms with Gasteiger partial charge < -0.3 is 14.6 Å². The zero-order chi connectivity index (χ0) is 27.3. The molecule has 5 heterocycles. The van der Waals surface area contributed by atoms with Crippen LogP contribution in [0.15, 0.2) is 33.8 Å². The Kier molecular flexibility index (Phi) is 6.84. The van der Waals surface area contributed by atoms with Crippen molar-refractivity contribution in [2.45, 2.75) is 64.1 Å². The first-order valence-electron chi connectivity index (χ1n) is 13.1. The number of nitrogens with zero attached hydrogens (tertiary/aromatic N) is 6. The molecule has 1 aliphatic carbocycles. The normalized spacial score (nSPS) is 23.8. The topological polar surface area (TPSA) is 126 Å². The van der Waals surface area contributed by atoms with Crippen molar-refractivity contribution in [3.05, 3.63) is 40.1 Å². The number of fused-ring (bicyclic) bond motifs is 1. The van der Waals surface area contributed by atoms with Crippen molar-refractivity contribution in [1.82, 2.24) is 29.7 Å². The van der Waals surface area contributed by atoms with Crippen LogP contribution in [0.2, 0.25) is 5.02 Å². The number of pyridine rings is 2. The van der Waals surface area contributed by atoms with Crippen LogP contribution in [-0.2, 0) is 6.54 Å². The van der Waals surface area contributed by atoms with E-state index in [-0.39, 0.29) is 24.5 Å². The molecule has 13 heteroatoms. The highest BCUT2D eigenvalue weighted by Gasteiger charge is 2.40. The molecule has 0 amide bonds. The molecule has 1 saturated carbocycles. The first-order chi connectivity index (χ1) is 18.8. The standard InChI is InChI=1S/C26H28ClF2N7O3/c1-13-2-4-14(5-3-13)11-36-22-18(32-25(36)35-12-17(37)7-20(35)23(28)29)8-19(24-33-26(38)39-34-24)31-21(22)15-6-16(27)10-30-9-15/h6,8-10,13-14,17,20,23,37H,2-5,7,11-12H2,1H3,(H,33,34,38)/t13-,14-,17-,20+/m1/s1. The number of aromatic amines is 1. The lowest BCUT2D eigenvalue weighted by Gasteiger charge is -2.30. The second-order valence-electron chi connectivity index (χ2n) is 10.7. The second-order valence-corrected chi connectivity index (χ2v) is 11.1. The summed E-state index contributed by atoms with van der Waals surface area (Å²) in [6.45, 7) is 2.85. The van der Waals surface area contributed by atoms with Crippen LogP contribution in [0.25, 0.3) is 33.8 Å². The molecule has 2 N–H and O–H groups in total. The second kappa shape index (κ2) is 10.3. The van der Waals surface area contributed by atoms with Gasteiger partial charge in [-0.05, 0) is 36.8 Å². The zero-order valence-corrected chi connectivity index (χ0v) is 22.0. The molecule has 1 saturated heterocycles. The first kappa shape index (κ1) is 25.9. The number of anilines is 1. The molecule has 39 heavy (non-hydrogen) atoms. The molecule has 206 valence electrons. The third-order valence-electron chi connectivity index (χ3n) is 7.81.